The molecular weight excluding hydrogens is 300 g/mol. The molecular formula is C16H26N2O3S. The van der Waals surface area contributed by atoms with Gasteiger partial charge in [0.15, 0.2) is 0 Å². The fraction of sp³-hybridized carbons (Fsp3) is 0.562. The molecule has 0 heterocycles. The van der Waals surface area contributed by atoms with Crippen LogP contribution < -0.4 is 9.62 Å². The van der Waals surface area contributed by atoms with E-state index in [0.717, 1.165) is 17.4 Å². The molecule has 0 bridgehead atoms. The summed E-state index contributed by atoms with van der Waals surface area (Å²) in [6.45, 7) is 11.0. The third kappa shape index (κ3) is 5.02. The van der Waals surface area contributed by atoms with Gasteiger partial charge in [-0.15, -0.1) is 0 Å². The highest BCUT2D eigenvalue weighted by Crippen LogP contribution is 2.24. The van der Waals surface area contributed by atoms with Crippen molar-refractivity contribution in [1.82, 2.24) is 5.32 Å². The van der Waals surface area contributed by atoms with Crippen molar-refractivity contribution in [3.05, 3.63) is 29.3 Å². The van der Waals surface area contributed by atoms with Crippen LogP contribution in [0.5, 0.6) is 0 Å². The predicted molar refractivity (Wildman–Crippen MR) is 90.6 cm³/mol. The zero-order chi connectivity index (χ0) is 17.3. The lowest BCUT2D eigenvalue weighted by Gasteiger charge is -2.31. The normalized spacial score (nSPS) is 13.6. The highest BCUT2D eigenvalue weighted by Gasteiger charge is 2.31. The lowest BCUT2D eigenvalue weighted by atomic mass is 10.1. The number of nitrogens with zero attached hydrogens (tertiary/aromatic N) is 1. The average molecular weight is 326 g/mol. The molecule has 22 heavy (non-hydrogen) atoms. The second kappa shape index (κ2) is 6.28. The Labute approximate surface area is 133 Å². The molecule has 1 amide bonds. The summed E-state index contributed by atoms with van der Waals surface area (Å²) in [6, 6.07) is 4.68. The third-order valence-electron chi connectivity index (χ3n) is 3.05. The van der Waals surface area contributed by atoms with Crippen LogP contribution in [-0.4, -0.2) is 32.2 Å². The van der Waals surface area contributed by atoms with Crippen molar-refractivity contribution >= 4 is 21.6 Å². The van der Waals surface area contributed by atoms with Crippen LogP contribution in [0.25, 0.3) is 0 Å². The molecule has 124 valence electrons. The highest BCUT2D eigenvalue weighted by molar-refractivity contribution is 7.92. The van der Waals surface area contributed by atoms with Crippen molar-refractivity contribution in [1.29, 1.82) is 0 Å². The van der Waals surface area contributed by atoms with Crippen LogP contribution in [0, 0.1) is 13.8 Å². The van der Waals surface area contributed by atoms with Gasteiger partial charge in [0.2, 0.25) is 15.9 Å². The molecule has 0 aromatic heterocycles. The first-order valence-electron chi connectivity index (χ1n) is 7.21. The van der Waals surface area contributed by atoms with Crippen LogP contribution in [0.15, 0.2) is 18.2 Å². The lowest BCUT2D eigenvalue weighted by Crippen LogP contribution is -2.52. The molecule has 6 heteroatoms. The van der Waals surface area contributed by atoms with E-state index in [-0.39, 0.29) is 5.91 Å². The summed E-state index contributed by atoms with van der Waals surface area (Å²) in [7, 11) is -3.58. The van der Waals surface area contributed by atoms with E-state index in [1.165, 1.54) is 4.31 Å². The van der Waals surface area contributed by atoms with Gasteiger partial charge in [-0.05, 0) is 64.8 Å². The molecule has 0 saturated carbocycles. The number of carbonyl (C=O) groups excluding carboxylic acids is 1. The molecule has 1 atom stereocenters. The zero-order valence-electron chi connectivity index (χ0n) is 14.4. The van der Waals surface area contributed by atoms with Gasteiger partial charge in [0.1, 0.15) is 6.04 Å². The molecule has 0 aliphatic rings. The number of hydrogen-bond acceptors (Lipinski definition) is 3. The Balaban J connectivity index is 3.28. The SMILES string of the molecule is Cc1cc(C)cc(N([C@H](C)C(=O)NC(C)(C)C)S(C)(=O)=O)c1. The molecule has 0 unspecified atom stereocenters. The van der Waals surface area contributed by atoms with E-state index in [0.29, 0.717) is 5.69 Å². The van der Waals surface area contributed by atoms with Crippen molar-refractivity contribution in [3.63, 3.8) is 0 Å². The molecule has 0 fully saturated rings. The van der Waals surface area contributed by atoms with Gasteiger partial charge in [0, 0.05) is 5.54 Å². The molecule has 5 nitrogen and oxygen atoms in total. The molecule has 0 aliphatic carbocycles. The maximum absolute atomic E-state index is 12.4. The van der Waals surface area contributed by atoms with Gasteiger partial charge < -0.3 is 5.32 Å². The first kappa shape index (κ1) is 18.5. The number of aryl methyl sites for hydroxylation is 2. The van der Waals surface area contributed by atoms with Gasteiger partial charge >= 0.3 is 0 Å². The number of hydrogen-bond donors (Lipinski definition) is 1. The van der Waals surface area contributed by atoms with Crippen molar-refractivity contribution in [2.45, 2.75) is 53.1 Å². The highest BCUT2D eigenvalue weighted by atomic mass is 32.2. The first-order valence-corrected chi connectivity index (χ1v) is 9.06. The smallest absolute Gasteiger partial charge is 0.244 e. The summed E-state index contributed by atoms with van der Waals surface area (Å²) in [5.41, 5.74) is 1.99. The van der Waals surface area contributed by atoms with E-state index in [9.17, 15) is 13.2 Å². The van der Waals surface area contributed by atoms with Crippen LogP contribution in [-0.2, 0) is 14.8 Å². The monoisotopic (exact) mass is 326 g/mol. The van der Waals surface area contributed by atoms with Gasteiger partial charge in [0.05, 0.1) is 11.9 Å². The number of nitrogens with one attached hydrogen (secondary N) is 1. The van der Waals surface area contributed by atoms with Gasteiger partial charge in [-0.3, -0.25) is 9.10 Å². The van der Waals surface area contributed by atoms with Gasteiger partial charge in [0.25, 0.3) is 0 Å². The topological polar surface area (TPSA) is 66.5 Å². The van der Waals surface area contributed by atoms with Crippen molar-refractivity contribution in [2.24, 2.45) is 0 Å². The minimum atomic E-state index is -3.58. The van der Waals surface area contributed by atoms with Crippen LogP contribution in [0.1, 0.15) is 38.8 Å². The molecule has 1 rings (SSSR count). The van der Waals surface area contributed by atoms with Gasteiger partial charge in [-0.1, -0.05) is 6.07 Å². The van der Waals surface area contributed by atoms with Crippen molar-refractivity contribution in [3.8, 4) is 0 Å². The van der Waals surface area contributed by atoms with E-state index in [1.54, 1.807) is 19.1 Å². The van der Waals surface area contributed by atoms with Crippen LogP contribution in [0.4, 0.5) is 5.69 Å². The second-order valence-corrected chi connectivity index (χ2v) is 8.68. The lowest BCUT2D eigenvalue weighted by molar-refractivity contribution is -0.123. The summed E-state index contributed by atoms with van der Waals surface area (Å²) in [5.74, 6) is -0.322. The molecule has 1 aromatic rings. The van der Waals surface area contributed by atoms with E-state index >= 15 is 0 Å². The van der Waals surface area contributed by atoms with E-state index in [4.69, 9.17) is 0 Å². The molecule has 0 spiro atoms. The number of carbonyl (C=O) groups is 1. The Hall–Kier alpha value is -1.56. The predicted octanol–water partition coefficient (Wildman–Crippen LogP) is 2.37. The number of sulfonamides is 1. The van der Waals surface area contributed by atoms with E-state index in [1.807, 2.05) is 40.7 Å². The van der Waals surface area contributed by atoms with Crippen LogP contribution in [0.2, 0.25) is 0 Å². The summed E-state index contributed by atoms with van der Waals surface area (Å²) in [4.78, 5) is 12.4. The minimum absolute atomic E-state index is 0.322. The average Bonchev–Trinajstić information content (AvgIpc) is 2.22. The van der Waals surface area contributed by atoms with Crippen molar-refractivity contribution < 1.29 is 13.2 Å². The van der Waals surface area contributed by atoms with Crippen molar-refractivity contribution in [2.75, 3.05) is 10.6 Å². The molecule has 1 aromatic carbocycles. The number of benzene rings is 1. The number of amides is 1. The molecule has 0 radical (unpaired) electrons. The maximum Gasteiger partial charge on any atom is 0.244 e. The fourth-order valence-electron chi connectivity index (χ4n) is 2.36. The molecule has 0 aliphatic heterocycles. The van der Waals surface area contributed by atoms with Gasteiger partial charge in [-0.25, -0.2) is 8.42 Å². The first-order chi connectivity index (χ1) is 9.81. The standard InChI is InChI=1S/C16H26N2O3S/c1-11-8-12(2)10-14(9-11)18(22(7,20)21)13(3)15(19)17-16(4,5)6/h8-10,13H,1-7H3,(H,17,19)/t13-/m1/s1. The zero-order valence-corrected chi connectivity index (χ0v) is 15.2. The third-order valence-corrected chi connectivity index (χ3v) is 4.29. The largest absolute Gasteiger partial charge is 0.350 e. The Morgan fingerprint density at radius 2 is 1.59 bits per heavy atom. The Morgan fingerprint density at radius 3 is 1.95 bits per heavy atom. The Kier molecular flexibility index (Phi) is 5.28. The van der Waals surface area contributed by atoms with E-state index < -0.39 is 21.6 Å². The maximum atomic E-state index is 12.4. The number of rotatable bonds is 4. The molecule has 1 N–H and O–H groups in total. The Morgan fingerprint density at radius 1 is 1.14 bits per heavy atom. The van der Waals surface area contributed by atoms with Crippen LogP contribution in [0.3, 0.4) is 0 Å². The summed E-state index contributed by atoms with van der Waals surface area (Å²) in [6.07, 6.45) is 1.12. The molecule has 0 saturated heterocycles. The fourth-order valence-corrected chi connectivity index (χ4v) is 3.52. The number of anilines is 1. The van der Waals surface area contributed by atoms with Gasteiger partial charge in [-0.2, -0.15) is 0 Å². The Bertz CT molecular complexity index is 640. The minimum Gasteiger partial charge on any atom is -0.350 e. The summed E-state index contributed by atoms with van der Waals surface area (Å²) < 4.78 is 25.6. The summed E-state index contributed by atoms with van der Waals surface area (Å²) >= 11 is 0. The van der Waals surface area contributed by atoms with Crippen LogP contribution >= 0.6 is 0 Å². The summed E-state index contributed by atoms with van der Waals surface area (Å²) in [5, 5.41) is 2.83. The quantitative estimate of drug-likeness (QED) is 0.924. The second-order valence-electron chi connectivity index (χ2n) is 6.82. The van der Waals surface area contributed by atoms with E-state index in [2.05, 4.69) is 5.32 Å².